The lowest BCUT2D eigenvalue weighted by Gasteiger charge is -1.94. The highest BCUT2D eigenvalue weighted by molar-refractivity contribution is 14.1. The van der Waals surface area contributed by atoms with Gasteiger partial charge >= 0.3 is 4.87 Å². The fourth-order valence-corrected chi connectivity index (χ4v) is 2.53. The van der Waals surface area contributed by atoms with Crippen molar-refractivity contribution in [3.8, 4) is 5.75 Å². The van der Waals surface area contributed by atoms with E-state index >= 15 is 0 Å². The lowest BCUT2D eigenvalue weighted by Crippen LogP contribution is -1.89. The van der Waals surface area contributed by atoms with Crippen molar-refractivity contribution in [1.29, 1.82) is 0 Å². The van der Waals surface area contributed by atoms with Gasteiger partial charge in [-0.05, 0) is 34.7 Å². The number of H-pyrrole nitrogens is 1. The summed E-state index contributed by atoms with van der Waals surface area (Å²) in [5, 5.41) is 9.34. The van der Waals surface area contributed by atoms with Crippen molar-refractivity contribution in [3.63, 3.8) is 0 Å². The number of benzene rings is 1. The number of aromatic hydroxyl groups is 1. The van der Waals surface area contributed by atoms with Gasteiger partial charge in [0.1, 0.15) is 11.3 Å². The second kappa shape index (κ2) is 2.74. The molecule has 12 heavy (non-hydrogen) atoms. The van der Waals surface area contributed by atoms with Crippen LogP contribution in [0.25, 0.3) is 10.2 Å². The average molecular weight is 293 g/mol. The molecule has 0 aliphatic rings. The van der Waals surface area contributed by atoms with Crippen molar-refractivity contribution >= 4 is 44.1 Å². The van der Waals surface area contributed by atoms with E-state index < -0.39 is 0 Å². The molecule has 0 unspecified atom stereocenters. The number of halogens is 1. The molecule has 0 spiro atoms. The molecule has 0 radical (unpaired) electrons. The van der Waals surface area contributed by atoms with Crippen LogP contribution >= 0.6 is 33.9 Å². The molecule has 0 saturated carbocycles. The third-order valence-electron chi connectivity index (χ3n) is 1.51. The van der Waals surface area contributed by atoms with Crippen molar-refractivity contribution in [2.24, 2.45) is 0 Å². The molecule has 0 atom stereocenters. The molecule has 0 aliphatic carbocycles. The lowest BCUT2D eigenvalue weighted by molar-refractivity contribution is 0.480. The number of nitrogens with one attached hydrogen (secondary N) is 1. The molecule has 2 rings (SSSR count). The summed E-state index contributed by atoms with van der Waals surface area (Å²) in [6, 6.07) is 3.36. The molecule has 1 aromatic heterocycles. The highest BCUT2D eigenvalue weighted by atomic mass is 127. The second-order valence-electron chi connectivity index (χ2n) is 2.29. The van der Waals surface area contributed by atoms with Gasteiger partial charge in [0.05, 0.1) is 4.70 Å². The molecule has 0 aliphatic heterocycles. The Hall–Kier alpha value is -0.560. The maximum Gasteiger partial charge on any atom is 0.305 e. The molecule has 5 heteroatoms. The van der Waals surface area contributed by atoms with Gasteiger partial charge in [-0.25, -0.2) is 0 Å². The minimum Gasteiger partial charge on any atom is -0.506 e. The van der Waals surface area contributed by atoms with Gasteiger partial charge in [0.25, 0.3) is 0 Å². The highest BCUT2D eigenvalue weighted by Gasteiger charge is 2.06. The first kappa shape index (κ1) is 8.06. The van der Waals surface area contributed by atoms with Gasteiger partial charge in [0, 0.05) is 3.57 Å². The van der Waals surface area contributed by atoms with E-state index in [1.165, 1.54) is 0 Å². The van der Waals surface area contributed by atoms with Crippen LogP contribution in [-0.2, 0) is 0 Å². The van der Waals surface area contributed by atoms with Gasteiger partial charge in [-0.1, -0.05) is 11.3 Å². The molecule has 62 valence electrons. The predicted octanol–water partition coefficient (Wildman–Crippen LogP) is 1.90. The Morgan fingerprint density at radius 2 is 2.25 bits per heavy atom. The average Bonchev–Trinajstić information content (AvgIpc) is 2.41. The number of fused-ring (bicyclic) bond motifs is 1. The van der Waals surface area contributed by atoms with Crippen molar-refractivity contribution in [2.45, 2.75) is 0 Å². The monoisotopic (exact) mass is 293 g/mol. The van der Waals surface area contributed by atoms with Gasteiger partial charge in [0.2, 0.25) is 0 Å². The molecule has 3 nitrogen and oxygen atoms in total. The van der Waals surface area contributed by atoms with Crippen LogP contribution in [0.1, 0.15) is 0 Å². The van der Waals surface area contributed by atoms with Crippen LogP contribution < -0.4 is 4.87 Å². The molecule has 0 amide bonds. The lowest BCUT2D eigenvalue weighted by atomic mass is 10.3. The van der Waals surface area contributed by atoms with E-state index in [0.29, 0.717) is 5.52 Å². The van der Waals surface area contributed by atoms with Crippen LogP contribution in [-0.4, -0.2) is 10.1 Å². The Kier molecular flexibility index (Phi) is 1.84. The minimum atomic E-state index is -0.135. The summed E-state index contributed by atoms with van der Waals surface area (Å²) in [6.45, 7) is 0. The molecule has 1 heterocycles. The minimum absolute atomic E-state index is 0.128. The summed E-state index contributed by atoms with van der Waals surface area (Å²) in [5.41, 5.74) is 0.539. The van der Waals surface area contributed by atoms with E-state index in [4.69, 9.17) is 0 Å². The molecular formula is C7H4INO2S. The SMILES string of the molecule is O=c1[nH]c2c(O)ccc(I)c2s1. The molecule has 1 aromatic carbocycles. The van der Waals surface area contributed by atoms with Crippen LogP contribution in [0.4, 0.5) is 0 Å². The van der Waals surface area contributed by atoms with Crippen molar-refractivity contribution in [2.75, 3.05) is 0 Å². The number of hydrogen-bond acceptors (Lipinski definition) is 3. The maximum absolute atomic E-state index is 10.9. The number of thiazole rings is 1. The summed E-state index contributed by atoms with van der Waals surface area (Å²) >= 11 is 3.24. The van der Waals surface area contributed by atoms with Crippen molar-refractivity contribution < 1.29 is 5.11 Å². The summed E-state index contributed by atoms with van der Waals surface area (Å²) in [7, 11) is 0. The highest BCUT2D eigenvalue weighted by Crippen LogP contribution is 2.28. The predicted molar refractivity (Wildman–Crippen MR) is 56.8 cm³/mol. The molecule has 0 fully saturated rings. The van der Waals surface area contributed by atoms with Crippen LogP contribution in [0, 0.1) is 3.57 Å². The molecular weight excluding hydrogens is 289 g/mol. The van der Waals surface area contributed by atoms with E-state index in [1.807, 2.05) is 0 Å². The van der Waals surface area contributed by atoms with Gasteiger partial charge < -0.3 is 10.1 Å². The Bertz CT molecular complexity index is 446. The topological polar surface area (TPSA) is 53.1 Å². The second-order valence-corrected chi connectivity index (χ2v) is 4.43. The fourth-order valence-electron chi connectivity index (χ4n) is 0.988. The van der Waals surface area contributed by atoms with Crippen molar-refractivity contribution in [3.05, 3.63) is 25.4 Å². The normalized spacial score (nSPS) is 10.8. The van der Waals surface area contributed by atoms with Crippen LogP contribution in [0.15, 0.2) is 16.9 Å². The van der Waals surface area contributed by atoms with E-state index in [1.54, 1.807) is 12.1 Å². The number of aromatic nitrogens is 1. The summed E-state index contributed by atoms with van der Waals surface area (Å²) in [5.74, 6) is 0.128. The van der Waals surface area contributed by atoms with Crippen LogP contribution in [0.3, 0.4) is 0 Å². The van der Waals surface area contributed by atoms with E-state index in [0.717, 1.165) is 19.6 Å². The first-order valence-corrected chi connectivity index (χ1v) is 5.08. The first-order chi connectivity index (χ1) is 5.68. The van der Waals surface area contributed by atoms with E-state index in [2.05, 4.69) is 27.6 Å². The van der Waals surface area contributed by atoms with Crippen LogP contribution in [0.5, 0.6) is 5.75 Å². The number of aromatic amines is 1. The summed E-state index contributed by atoms with van der Waals surface area (Å²) < 4.78 is 1.80. The number of hydrogen-bond donors (Lipinski definition) is 2. The van der Waals surface area contributed by atoms with Gasteiger partial charge in [0.15, 0.2) is 0 Å². The Balaban J connectivity index is 3.03. The maximum atomic E-state index is 10.9. The largest absolute Gasteiger partial charge is 0.506 e. The molecule has 0 saturated heterocycles. The number of phenolic OH excluding ortho intramolecular Hbond substituents is 1. The number of phenols is 1. The van der Waals surface area contributed by atoms with Gasteiger partial charge in [-0.15, -0.1) is 0 Å². The molecule has 0 bridgehead atoms. The smallest absolute Gasteiger partial charge is 0.305 e. The quantitative estimate of drug-likeness (QED) is 0.729. The Morgan fingerprint density at radius 1 is 1.50 bits per heavy atom. The zero-order chi connectivity index (χ0) is 8.72. The zero-order valence-electron chi connectivity index (χ0n) is 5.80. The molecule has 2 N–H and O–H groups in total. The van der Waals surface area contributed by atoms with E-state index in [9.17, 15) is 9.90 Å². The first-order valence-electron chi connectivity index (χ1n) is 3.19. The van der Waals surface area contributed by atoms with Crippen molar-refractivity contribution in [1.82, 2.24) is 4.98 Å². The van der Waals surface area contributed by atoms with E-state index in [-0.39, 0.29) is 10.6 Å². The Labute approximate surface area is 85.2 Å². The van der Waals surface area contributed by atoms with Gasteiger partial charge in [-0.3, -0.25) is 4.79 Å². The number of rotatable bonds is 0. The Morgan fingerprint density at radius 3 is 2.92 bits per heavy atom. The van der Waals surface area contributed by atoms with Crippen LogP contribution in [0.2, 0.25) is 0 Å². The molecule has 2 aromatic rings. The third kappa shape index (κ3) is 1.13. The summed E-state index contributed by atoms with van der Waals surface area (Å²) in [4.78, 5) is 13.4. The third-order valence-corrected chi connectivity index (χ3v) is 3.69. The fraction of sp³-hybridized carbons (Fsp3) is 0. The summed E-state index contributed by atoms with van der Waals surface area (Å²) in [6.07, 6.45) is 0. The standard InChI is InChI=1S/C7H4INO2S/c8-3-1-2-4(10)5-6(3)12-7(11)9-5/h1-2,10H,(H,9,11). The zero-order valence-corrected chi connectivity index (χ0v) is 8.77. The van der Waals surface area contributed by atoms with Gasteiger partial charge in [-0.2, -0.15) is 0 Å².